The van der Waals surface area contributed by atoms with E-state index in [9.17, 15) is 14.7 Å². The third kappa shape index (κ3) is 43.0. The molecule has 0 aromatic carbocycles. The molecule has 0 aliphatic rings. The molecule has 0 saturated heterocycles. The monoisotopic (exact) mass is 773 g/mol. The first-order valence-electron chi connectivity index (χ1n) is 22.1. The summed E-state index contributed by atoms with van der Waals surface area (Å²) in [6.07, 6.45) is 67.1. The van der Waals surface area contributed by atoms with Crippen molar-refractivity contribution in [3.8, 4) is 0 Å². The lowest BCUT2D eigenvalue weighted by Gasteiger charge is -2.15. The summed E-state index contributed by atoms with van der Waals surface area (Å²) < 4.78 is 10.5. The Balaban J connectivity index is 3.72. The standard InChI is InChI=1S/C51H80O5/c1-3-5-7-9-11-13-14-15-16-17-18-19-20-21-22-23-24-25-26-27-28-29-30-31-32-33-34-35-36-38-40-42-44-46-51(54)56-49(47-52)48-55-50(53)45-43-41-39-37-12-10-8-6-4-2/h5,7,11,13,15-16,18-19,21-22,24-25,27-28,30-31,33-34,36,38,49,52H,3-4,6,8-10,12,14,17,20,23,26,29,32,35,37,39-48H2,1-2H3/b7-5-,13-11-,16-15-,19-18-,22-21-,25-24-,28-27-,31-30-,34-33-,38-36-. The fourth-order valence-electron chi connectivity index (χ4n) is 5.46. The lowest BCUT2D eigenvalue weighted by atomic mass is 10.1. The fourth-order valence-corrected chi connectivity index (χ4v) is 5.46. The zero-order valence-electron chi connectivity index (χ0n) is 35.6. The number of hydrogen-bond acceptors (Lipinski definition) is 5. The minimum Gasteiger partial charge on any atom is -0.462 e. The van der Waals surface area contributed by atoms with Crippen molar-refractivity contribution in [2.24, 2.45) is 0 Å². The lowest BCUT2D eigenvalue weighted by Crippen LogP contribution is -2.28. The topological polar surface area (TPSA) is 72.8 Å². The van der Waals surface area contributed by atoms with Gasteiger partial charge in [-0.05, 0) is 89.9 Å². The quantitative estimate of drug-likeness (QED) is 0.0384. The van der Waals surface area contributed by atoms with Gasteiger partial charge >= 0.3 is 11.9 Å². The summed E-state index contributed by atoms with van der Waals surface area (Å²) in [5.74, 6) is -0.656. The molecule has 0 aromatic heterocycles. The van der Waals surface area contributed by atoms with Crippen LogP contribution in [0.15, 0.2) is 122 Å². The van der Waals surface area contributed by atoms with E-state index >= 15 is 0 Å². The zero-order chi connectivity index (χ0) is 40.7. The maximum Gasteiger partial charge on any atom is 0.306 e. The first-order chi connectivity index (χ1) is 27.6. The average Bonchev–Trinajstić information content (AvgIpc) is 3.20. The highest BCUT2D eigenvalue weighted by Gasteiger charge is 2.16. The van der Waals surface area contributed by atoms with E-state index in [-0.39, 0.29) is 25.2 Å². The molecular weight excluding hydrogens is 693 g/mol. The summed E-state index contributed by atoms with van der Waals surface area (Å²) in [7, 11) is 0. The Morgan fingerprint density at radius 2 is 0.768 bits per heavy atom. The molecule has 0 aliphatic carbocycles. The second-order valence-electron chi connectivity index (χ2n) is 14.0. The average molecular weight is 773 g/mol. The summed E-state index contributed by atoms with van der Waals surface area (Å²) in [6.45, 7) is 3.94. The molecule has 0 saturated carbocycles. The zero-order valence-corrected chi connectivity index (χ0v) is 35.6. The van der Waals surface area contributed by atoms with E-state index in [2.05, 4.69) is 135 Å². The van der Waals surface area contributed by atoms with Gasteiger partial charge in [-0.15, -0.1) is 0 Å². The Hall–Kier alpha value is -3.70. The molecule has 0 fully saturated rings. The van der Waals surface area contributed by atoms with E-state index in [1.807, 2.05) is 0 Å². The molecule has 0 aromatic rings. The number of unbranched alkanes of at least 4 members (excludes halogenated alkanes) is 10. The number of ether oxygens (including phenoxy) is 2. The molecule has 5 nitrogen and oxygen atoms in total. The van der Waals surface area contributed by atoms with Crippen LogP contribution in [0.25, 0.3) is 0 Å². The number of aliphatic hydroxyl groups is 1. The number of aliphatic hydroxyl groups excluding tert-OH is 1. The molecule has 0 amide bonds. The van der Waals surface area contributed by atoms with Crippen molar-refractivity contribution in [3.63, 3.8) is 0 Å². The third-order valence-electron chi connectivity index (χ3n) is 8.77. The summed E-state index contributed by atoms with van der Waals surface area (Å²) in [4.78, 5) is 24.2. The number of rotatable bonds is 38. The van der Waals surface area contributed by atoms with E-state index in [1.54, 1.807) is 0 Å². The molecule has 0 bridgehead atoms. The van der Waals surface area contributed by atoms with Crippen molar-refractivity contribution in [2.75, 3.05) is 13.2 Å². The van der Waals surface area contributed by atoms with Crippen molar-refractivity contribution < 1.29 is 24.2 Å². The molecule has 0 heterocycles. The van der Waals surface area contributed by atoms with E-state index < -0.39 is 6.10 Å². The molecule has 0 aliphatic heterocycles. The van der Waals surface area contributed by atoms with Gasteiger partial charge in [0.2, 0.25) is 0 Å². The van der Waals surface area contributed by atoms with Crippen LogP contribution < -0.4 is 0 Å². The fraction of sp³-hybridized carbons (Fsp3) is 0.569. The van der Waals surface area contributed by atoms with Crippen LogP contribution in [0, 0.1) is 0 Å². The Bertz CT molecular complexity index is 1190. The minimum absolute atomic E-state index is 0.0900. The third-order valence-corrected chi connectivity index (χ3v) is 8.77. The van der Waals surface area contributed by atoms with Gasteiger partial charge in [0, 0.05) is 12.8 Å². The second-order valence-corrected chi connectivity index (χ2v) is 14.0. The van der Waals surface area contributed by atoms with Gasteiger partial charge in [0.15, 0.2) is 6.10 Å². The van der Waals surface area contributed by atoms with E-state index in [1.165, 1.54) is 38.5 Å². The van der Waals surface area contributed by atoms with Gasteiger partial charge in [0.25, 0.3) is 0 Å². The lowest BCUT2D eigenvalue weighted by molar-refractivity contribution is -0.161. The van der Waals surface area contributed by atoms with Gasteiger partial charge in [-0.2, -0.15) is 0 Å². The Labute approximate surface area is 343 Å². The number of carbonyl (C=O) groups excluding carboxylic acids is 2. The highest BCUT2D eigenvalue weighted by Crippen LogP contribution is 2.11. The van der Waals surface area contributed by atoms with Crippen molar-refractivity contribution in [1.82, 2.24) is 0 Å². The van der Waals surface area contributed by atoms with Gasteiger partial charge in [-0.25, -0.2) is 0 Å². The molecule has 56 heavy (non-hydrogen) atoms. The molecule has 0 rings (SSSR count). The van der Waals surface area contributed by atoms with Crippen LogP contribution in [0.5, 0.6) is 0 Å². The molecule has 1 unspecified atom stereocenters. The number of carbonyl (C=O) groups is 2. The van der Waals surface area contributed by atoms with Crippen LogP contribution in [0.2, 0.25) is 0 Å². The van der Waals surface area contributed by atoms with Crippen LogP contribution in [-0.2, 0) is 19.1 Å². The van der Waals surface area contributed by atoms with Crippen molar-refractivity contribution in [2.45, 2.75) is 174 Å². The molecule has 0 spiro atoms. The maximum atomic E-state index is 12.2. The van der Waals surface area contributed by atoms with Gasteiger partial charge in [0.1, 0.15) is 6.61 Å². The summed E-state index contributed by atoms with van der Waals surface area (Å²) in [6, 6.07) is 0. The van der Waals surface area contributed by atoms with Crippen molar-refractivity contribution >= 4 is 11.9 Å². The van der Waals surface area contributed by atoms with Gasteiger partial charge in [-0.3, -0.25) is 9.59 Å². The van der Waals surface area contributed by atoms with E-state index in [0.29, 0.717) is 12.8 Å². The highest BCUT2D eigenvalue weighted by molar-refractivity contribution is 5.70. The highest BCUT2D eigenvalue weighted by atomic mass is 16.6. The van der Waals surface area contributed by atoms with Gasteiger partial charge in [-0.1, -0.05) is 187 Å². The van der Waals surface area contributed by atoms with Crippen LogP contribution in [0.3, 0.4) is 0 Å². The van der Waals surface area contributed by atoms with E-state index in [4.69, 9.17) is 9.47 Å². The van der Waals surface area contributed by atoms with Crippen molar-refractivity contribution in [3.05, 3.63) is 122 Å². The molecular formula is C51H80O5. The predicted molar refractivity (Wildman–Crippen MR) is 241 cm³/mol. The Morgan fingerprint density at radius 3 is 1.16 bits per heavy atom. The first-order valence-corrected chi connectivity index (χ1v) is 22.1. The smallest absolute Gasteiger partial charge is 0.306 e. The Kier molecular flexibility index (Phi) is 42.7. The van der Waals surface area contributed by atoms with Crippen molar-refractivity contribution in [1.29, 1.82) is 0 Å². The summed E-state index contributed by atoms with van der Waals surface area (Å²) in [5, 5.41) is 9.53. The van der Waals surface area contributed by atoms with Gasteiger partial charge in [0.05, 0.1) is 6.61 Å². The summed E-state index contributed by atoms with van der Waals surface area (Å²) in [5.41, 5.74) is 0. The normalized spacial score (nSPS) is 13.4. The molecule has 0 radical (unpaired) electrons. The Morgan fingerprint density at radius 1 is 0.429 bits per heavy atom. The number of hydrogen-bond donors (Lipinski definition) is 1. The second kappa shape index (κ2) is 45.7. The van der Waals surface area contributed by atoms with Crippen LogP contribution >= 0.6 is 0 Å². The molecule has 1 atom stereocenters. The number of allylic oxidation sites excluding steroid dienone is 20. The van der Waals surface area contributed by atoms with Gasteiger partial charge < -0.3 is 14.6 Å². The SMILES string of the molecule is CC/C=C\C/C=C\C/C=C\C/C=C\C/C=C\C/C=C\C/C=C\C/C=C\C/C=C\C/C=C\CCCCC(=O)OC(CO)COC(=O)CCCCCCCCCCC. The van der Waals surface area contributed by atoms with Crippen LogP contribution in [-0.4, -0.2) is 36.4 Å². The summed E-state index contributed by atoms with van der Waals surface area (Å²) >= 11 is 0. The van der Waals surface area contributed by atoms with Crippen LogP contribution in [0.1, 0.15) is 168 Å². The molecule has 1 N–H and O–H groups in total. The maximum absolute atomic E-state index is 12.2. The number of esters is 2. The van der Waals surface area contributed by atoms with Crippen LogP contribution in [0.4, 0.5) is 0 Å². The van der Waals surface area contributed by atoms with E-state index in [0.717, 1.165) is 103 Å². The first kappa shape index (κ1) is 52.3. The molecule has 5 heteroatoms. The largest absolute Gasteiger partial charge is 0.462 e. The molecule has 314 valence electrons. The predicted octanol–water partition coefficient (Wildman–Crippen LogP) is 14.4. The minimum atomic E-state index is -0.799.